The Morgan fingerprint density at radius 3 is 2.33 bits per heavy atom. The summed E-state index contributed by atoms with van der Waals surface area (Å²) in [6, 6.07) is 0. The zero-order valence-corrected chi connectivity index (χ0v) is 8.93. The van der Waals surface area contributed by atoms with Gasteiger partial charge in [0, 0.05) is 4.43 Å². The van der Waals surface area contributed by atoms with Gasteiger partial charge in [0.05, 0.1) is 12.7 Å². The van der Waals surface area contributed by atoms with Crippen LogP contribution in [0.5, 0.6) is 0 Å². The zero-order valence-electron chi connectivity index (χ0n) is 6.77. The van der Waals surface area contributed by atoms with E-state index in [0.717, 1.165) is 0 Å². The lowest BCUT2D eigenvalue weighted by molar-refractivity contribution is -0.0938. The number of alkyl halides is 1. The fourth-order valence-electron chi connectivity index (χ4n) is 1.30. The van der Waals surface area contributed by atoms with Gasteiger partial charge < -0.3 is 20.1 Å². The molecule has 0 saturated carbocycles. The van der Waals surface area contributed by atoms with Gasteiger partial charge in [-0.05, 0) is 6.92 Å². The van der Waals surface area contributed by atoms with Crippen molar-refractivity contribution >= 4 is 22.6 Å². The largest absolute Gasteiger partial charge is 0.393 e. The Morgan fingerprint density at radius 1 is 1.50 bits per heavy atom. The predicted octanol–water partition coefficient (Wildman–Crippen LogP) is -0.707. The standard InChI is InChI=1S/C7H13IO4/c1-7(3-9)6(11)5(10)4(2-8)12-7/h4-6,9-11H,2-3H2,1H3/t4-,5+,6?,7?/m1/s1. The van der Waals surface area contributed by atoms with Crippen molar-refractivity contribution in [1.82, 2.24) is 0 Å². The monoisotopic (exact) mass is 288 g/mol. The first-order valence-corrected chi connectivity index (χ1v) is 5.28. The molecule has 4 atom stereocenters. The summed E-state index contributed by atoms with van der Waals surface area (Å²) in [4.78, 5) is 0. The molecule has 0 spiro atoms. The second-order valence-electron chi connectivity index (χ2n) is 3.22. The highest BCUT2D eigenvalue weighted by Gasteiger charge is 2.50. The van der Waals surface area contributed by atoms with Gasteiger partial charge in [0.2, 0.25) is 0 Å². The van der Waals surface area contributed by atoms with Gasteiger partial charge in [-0.25, -0.2) is 0 Å². The van der Waals surface area contributed by atoms with Crippen molar-refractivity contribution < 1.29 is 20.1 Å². The van der Waals surface area contributed by atoms with Crippen LogP contribution >= 0.6 is 22.6 Å². The lowest BCUT2D eigenvalue weighted by Crippen LogP contribution is -2.43. The third-order valence-corrected chi connectivity index (χ3v) is 3.08. The third kappa shape index (κ3) is 1.60. The maximum atomic E-state index is 9.48. The average Bonchev–Trinajstić information content (AvgIpc) is 2.31. The summed E-state index contributed by atoms with van der Waals surface area (Å²) in [6.45, 7) is 1.31. The normalized spacial score (nSPS) is 48.2. The van der Waals surface area contributed by atoms with Crippen LogP contribution in [0.3, 0.4) is 0 Å². The van der Waals surface area contributed by atoms with Gasteiger partial charge in [0.1, 0.15) is 17.8 Å². The fourth-order valence-corrected chi connectivity index (χ4v) is 2.00. The maximum Gasteiger partial charge on any atom is 0.117 e. The zero-order chi connectivity index (χ0) is 9.35. The summed E-state index contributed by atoms with van der Waals surface area (Å²) in [5.74, 6) is 0. The van der Waals surface area contributed by atoms with Crippen molar-refractivity contribution in [2.45, 2.75) is 30.8 Å². The van der Waals surface area contributed by atoms with E-state index >= 15 is 0 Å². The molecule has 4 nitrogen and oxygen atoms in total. The molecule has 1 aliphatic rings. The van der Waals surface area contributed by atoms with Crippen LogP contribution in [0.15, 0.2) is 0 Å². The number of aliphatic hydroxyl groups is 3. The first-order chi connectivity index (χ1) is 5.55. The molecule has 2 unspecified atom stereocenters. The number of ether oxygens (including phenoxy) is 1. The molecule has 0 bridgehead atoms. The first-order valence-electron chi connectivity index (χ1n) is 3.76. The van der Waals surface area contributed by atoms with E-state index in [0.29, 0.717) is 4.43 Å². The molecule has 0 aromatic heterocycles. The summed E-state index contributed by atoms with van der Waals surface area (Å²) < 4.78 is 5.92. The highest BCUT2D eigenvalue weighted by atomic mass is 127. The van der Waals surface area contributed by atoms with Crippen LogP contribution < -0.4 is 0 Å². The number of aliphatic hydroxyl groups excluding tert-OH is 3. The number of rotatable bonds is 2. The molecule has 1 saturated heterocycles. The van der Waals surface area contributed by atoms with Gasteiger partial charge in [-0.15, -0.1) is 0 Å². The Balaban J connectivity index is 2.72. The van der Waals surface area contributed by atoms with Crippen molar-refractivity contribution in [1.29, 1.82) is 0 Å². The van der Waals surface area contributed by atoms with Crippen LogP contribution in [0, 0.1) is 0 Å². The summed E-state index contributed by atoms with van der Waals surface area (Å²) in [5.41, 5.74) is -1.00. The van der Waals surface area contributed by atoms with Crippen molar-refractivity contribution in [3.63, 3.8) is 0 Å². The van der Waals surface area contributed by atoms with E-state index in [9.17, 15) is 10.2 Å². The van der Waals surface area contributed by atoms with Gasteiger partial charge >= 0.3 is 0 Å². The Hall–Kier alpha value is 0.570. The lowest BCUT2D eigenvalue weighted by Gasteiger charge is -2.24. The lowest BCUT2D eigenvalue weighted by atomic mass is 9.98. The highest BCUT2D eigenvalue weighted by molar-refractivity contribution is 14.1. The molecule has 5 heteroatoms. The van der Waals surface area contributed by atoms with Crippen LogP contribution in [0.2, 0.25) is 0 Å². The second-order valence-corrected chi connectivity index (χ2v) is 4.10. The number of hydrogen-bond donors (Lipinski definition) is 3. The van der Waals surface area contributed by atoms with Crippen molar-refractivity contribution in [3.8, 4) is 0 Å². The van der Waals surface area contributed by atoms with Gasteiger partial charge in [-0.3, -0.25) is 0 Å². The van der Waals surface area contributed by atoms with E-state index in [1.165, 1.54) is 0 Å². The van der Waals surface area contributed by atoms with Crippen LogP contribution in [0.1, 0.15) is 6.92 Å². The molecule has 0 aromatic rings. The number of hydrogen-bond acceptors (Lipinski definition) is 4. The van der Waals surface area contributed by atoms with E-state index < -0.39 is 17.8 Å². The van der Waals surface area contributed by atoms with Crippen molar-refractivity contribution in [3.05, 3.63) is 0 Å². The summed E-state index contributed by atoms with van der Waals surface area (Å²) in [7, 11) is 0. The molecule has 0 radical (unpaired) electrons. The predicted molar refractivity (Wildman–Crippen MR) is 51.3 cm³/mol. The summed E-state index contributed by atoms with van der Waals surface area (Å²) >= 11 is 2.07. The average molecular weight is 288 g/mol. The molecule has 0 aromatic carbocycles. The molecule has 3 N–H and O–H groups in total. The minimum atomic E-state index is -1.00. The van der Waals surface area contributed by atoms with E-state index in [1.807, 2.05) is 0 Å². The van der Waals surface area contributed by atoms with E-state index in [1.54, 1.807) is 6.92 Å². The summed E-state index contributed by atoms with van der Waals surface area (Å²) in [5, 5.41) is 27.8. The van der Waals surface area contributed by atoms with Crippen LogP contribution in [-0.4, -0.2) is 50.3 Å². The van der Waals surface area contributed by atoms with Gasteiger partial charge in [0.25, 0.3) is 0 Å². The molecule has 72 valence electrons. The Kier molecular flexibility index (Phi) is 3.33. The van der Waals surface area contributed by atoms with Crippen LogP contribution in [0.4, 0.5) is 0 Å². The van der Waals surface area contributed by atoms with Crippen LogP contribution in [0.25, 0.3) is 0 Å². The van der Waals surface area contributed by atoms with Crippen molar-refractivity contribution in [2.75, 3.05) is 11.0 Å². The second kappa shape index (κ2) is 3.75. The molecule has 1 fully saturated rings. The Labute approximate surface area is 84.7 Å². The van der Waals surface area contributed by atoms with Crippen molar-refractivity contribution in [2.24, 2.45) is 0 Å². The molecule has 12 heavy (non-hydrogen) atoms. The number of halogens is 1. The molecule has 0 amide bonds. The SMILES string of the molecule is CC1(CO)O[C@H](CI)[C@H](O)C1O. The fraction of sp³-hybridized carbons (Fsp3) is 1.00. The molecule has 1 aliphatic heterocycles. The van der Waals surface area contributed by atoms with Gasteiger partial charge in [-0.2, -0.15) is 0 Å². The Bertz CT molecular complexity index is 165. The van der Waals surface area contributed by atoms with Gasteiger partial charge in [0.15, 0.2) is 0 Å². The third-order valence-electron chi connectivity index (χ3n) is 2.22. The first kappa shape index (κ1) is 10.6. The Morgan fingerprint density at radius 2 is 2.08 bits per heavy atom. The van der Waals surface area contributed by atoms with E-state index in [-0.39, 0.29) is 12.7 Å². The molecule has 0 aliphatic carbocycles. The summed E-state index contributed by atoms with van der Waals surface area (Å²) in [6.07, 6.45) is -2.26. The van der Waals surface area contributed by atoms with Gasteiger partial charge in [-0.1, -0.05) is 22.6 Å². The van der Waals surface area contributed by atoms with Crippen LogP contribution in [-0.2, 0) is 4.74 Å². The molecular formula is C7H13IO4. The van der Waals surface area contributed by atoms with E-state index in [4.69, 9.17) is 9.84 Å². The minimum absolute atomic E-state index is 0.279. The molecule has 1 rings (SSSR count). The minimum Gasteiger partial charge on any atom is -0.393 e. The quantitative estimate of drug-likeness (QED) is 0.464. The molecule has 1 heterocycles. The van der Waals surface area contributed by atoms with E-state index in [2.05, 4.69) is 22.6 Å². The maximum absolute atomic E-state index is 9.48. The topological polar surface area (TPSA) is 69.9 Å². The molecular weight excluding hydrogens is 275 g/mol. The smallest absolute Gasteiger partial charge is 0.117 e. The highest BCUT2D eigenvalue weighted by Crippen LogP contribution is 2.31.